The third-order valence-electron chi connectivity index (χ3n) is 2.63. The van der Waals surface area contributed by atoms with Crippen molar-refractivity contribution in [2.75, 3.05) is 23.1 Å². The zero-order valence-electron chi connectivity index (χ0n) is 11.3. The van der Waals surface area contributed by atoms with Crippen LogP contribution in [0.15, 0.2) is 29.2 Å². The van der Waals surface area contributed by atoms with Crippen LogP contribution in [0.4, 0.5) is 5.69 Å². The Morgan fingerprint density at radius 1 is 1.16 bits per heavy atom. The van der Waals surface area contributed by atoms with Gasteiger partial charge in [-0.3, -0.25) is 0 Å². The third kappa shape index (κ3) is 4.83. The lowest BCUT2D eigenvalue weighted by molar-refractivity contribution is 0.593. The van der Waals surface area contributed by atoms with Gasteiger partial charge in [0.15, 0.2) is 19.7 Å². The summed E-state index contributed by atoms with van der Waals surface area (Å²) in [5, 5.41) is 2.95. The molecule has 108 valence electrons. The Morgan fingerprint density at radius 2 is 1.74 bits per heavy atom. The molecule has 1 unspecified atom stereocenters. The third-order valence-corrected chi connectivity index (χ3v) is 5.67. The number of benzene rings is 1. The molecule has 0 spiro atoms. The van der Waals surface area contributed by atoms with E-state index in [4.69, 9.17) is 0 Å². The Labute approximate surface area is 114 Å². The molecule has 0 heterocycles. The van der Waals surface area contributed by atoms with Gasteiger partial charge >= 0.3 is 0 Å². The second-order valence-corrected chi connectivity index (χ2v) is 8.89. The van der Waals surface area contributed by atoms with E-state index in [9.17, 15) is 16.8 Å². The minimum atomic E-state index is -3.34. The molecule has 1 aromatic carbocycles. The van der Waals surface area contributed by atoms with Gasteiger partial charge in [0, 0.05) is 18.1 Å². The number of rotatable bonds is 6. The van der Waals surface area contributed by atoms with E-state index in [1.54, 1.807) is 32.0 Å². The van der Waals surface area contributed by atoms with Crippen LogP contribution in [-0.2, 0) is 19.7 Å². The standard InChI is InChI=1S/C12H19NO4S2/c1-4-19(16,17)9-10(2)13-11-7-5-6-8-12(11)18(3,14)15/h5-8,10,13H,4,9H2,1-3H3. The van der Waals surface area contributed by atoms with Crippen LogP contribution in [-0.4, -0.2) is 40.6 Å². The van der Waals surface area contributed by atoms with Gasteiger partial charge in [0.1, 0.15) is 0 Å². The van der Waals surface area contributed by atoms with Gasteiger partial charge < -0.3 is 5.32 Å². The molecule has 0 aliphatic heterocycles. The van der Waals surface area contributed by atoms with E-state index in [0.717, 1.165) is 6.26 Å². The molecule has 1 atom stereocenters. The highest BCUT2D eigenvalue weighted by Gasteiger charge is 2.17. The molecule has 0 aliphatic carbocycles. The summed E-state index contributed by atoms with van der Waals surface area (Å²) in [5.41, 5.74) is 0.434. The average Bonchev–Trinajstić information content (AvgIpc) is 2.27. The van der Waals surface area contributed by atoms with Crippen LogP contribution in [0.3, 0.4) is 0 Å². The average molecular weight is 305 g/mol. The van der Waals surface area contributed by atoms with Gasteiger partial charge in [0.25, 0.3) is 0 Å². The number of para-hydroxylation sites is 1. The molecule has 1 N–H and O–H groups in total. The van der Waals surface area contributed by atoms with Gasteiger partial charge in [-0.25, -0.2) is 16.8 Å². The van der Waals surface area contributed by atoms with E-state index in [2.05, 4.69) is 5.32 Å². The SMILES string of the molecule is CCS(=O)(=O)CC(C)Nc1ccccc1S(C)(=O)=O. The number of hydrogen-bond donors (Lipinski definition) is 1. The molecule has 0 aromatic heterocycles. The number of anilines is 1. The summed E-state index contributed by atoms with van der Waals surface area (Å²) >= 11 is 0. The predicted molar refractivity (Wildman–Crippen MR) is 77.0 cm³/mol. The first-order valence-corrected chi connectivity index (χ1v) is 9.63. The van der Waals surface area contributed by atoms with Crippen molar-refractivity contribution >= 4 is 25.4 Å². The Bertz CT molecular complexity index is 635. The number of nitrogens with one attached hydrogen (secondary N) is 1. The van der Waals surface area contributed by atoms with Gasteiger partial charge in [-0.2, -0.15) is 0 Å². The van der Waals surface area contributed by atoms with E-state index < -0.39 is 19.7 Å². The first-order valence-electron chi connectivity index (χ1n) is 5.92. The largest absolute Gasteiger partial charge is 0.381 e. The van der Waals surface area contributed by atoms with Crippen molar-refractivity contribution in [3.05, 3.63) is 24.3 Å². The maximum absolute atomic E-state index is 11.6. The van der Waals surface area contributed by atoms with Gasteiger partial charge in [-0.05, 0) is 19.1 Å². The summed E-state index contributed by atoms with van der Waals surface area (Å²) in [7, 11) is -6.44. The van der Waals surface area contributed by atoms with Crippen molar-refractivity contribution in [2.45, 2.75) is 24.8 Å². The highest BCUT2D eigenvalue weighted by atomic mass is 32.2. The fourth-order valence-corrected chi connectivity index (χ4v) is 3.65. The second kappa shape index (κ2) is 5.92. The van der Waals surface area contributed by atoms with Crippen LogP contribution in [0, 0.1) is 0 Å². The number of sulfone groups is 2. The van der Waals surface area contributed by atoms with Gasteiger partial charge in [-0.15, -0.1) is 0 Å². The van der Waals surface area contributed by atoms with E-state index in [1.807, 2.05) is 0 Å². The fraction of sp³-hybridized carbons (Fsp3) is 0.500. The monoisotopic (exact) mass is 305 g/mol. The van der Waals surface area contributed by atoms with Crippen LogP contribution < -0.4 is 5.32 Å². The molecule has 1 aromatic rings. The van der Waals surface area contributed by atoms with Gasteiger partial charge in [0.05, 0.1) is 16.3 Å². The molecule has 0 amide bonds. The molecule has 0 fully saturated rings. The highest BCUT2D eigenvalue weighted by molar-refractivity contribution is 7.91. The Kier molecular flexibility index (Phi) is 4.98. The van der Waals surface area contributed by atoms with Crippen molar-refractivity contribution in [3.8, 4) is 0 Å². The highest BCUT2D eigenvalue weighted by Crippen LogP contribution is 2.21. The van der Waals surface area contributed by atoms with E-state index in [0.29, 0.717) is 5.69 Å². The zero-order chi connectivity index (χ0) is 14.7. The lowest BCUT2D eigenvalue weighted by atomic mass is 10.3. The lowest BCUT2D eigenvalue weighted by Crippen LogP contribution is -2.27. The molecule has 0 radical (unpaired) electrons. The Hall–Kier alpha value is -1.08. The van der Waals surface area contributed by atoms with E-state index in [1.165, 1.54) is 6.07 Å². The summed E-state index contributed by atoms with van der Waals surface area (Å²) < 4.78 is 46.3. The summed E-state index contributed by atoms with van der Waals surface area (Å²) in [6.07, 6.45) is 1.13. The second-order valence-electron chi connectivity index (χ2n) is 4.51. The smallest absolute Gasteiger partial charge is 0.177 e. The molecule has 0 bridgehead atoms. The maximum Gasteiger partial charge on any atom is 0.177 e. The normalized spacial score (nSPS) is 14.1. The predicted octanol–water partition coefficient (Wildman–Crippen LogP) is 1.33. The van der Waals surface area contributed by atoms with Crippen molar-refractivity contribution < 1.29 is 16.8 Å². The first kappa shape index (κ1) is 16.0. The molecule has 5 nitrogen and oxygen atoms in total. The van der Waals surface area contributed by atoms with Crippen LogP contribution >= 0.6 is 0 Å². The van der Waals surface area contributed by atoms with E-state index in [-0.39, 0.29) is 22.4 Å². The molecule has 0 aliphatic rings. The van der Waals surface area contributed by atoms with Crippen LogP contribution in [0.25, 0.3) is 0 Å². The minimum Gasteiger partial charge on any atom is -0.381 e. The summed E-state index contributed by atoms with van der Waals surface area (Å²) in [4.78, 5) is 0.177. The van der Waals surface area contributed by atoms with E-state index >= 15 is 0 Å². The van der Waals surface area contributed by atoms with Crippen LogP contribution in [0.2, 0.25) is 0 Å². The van der Waals surface area contributed by atoms with Crippen molar-refractivity contribution in [3.63, 3.8) is 0 Å². The molecular formula is C12H19NO4S2. The summed E-state index contributed by atoms with van der Waals surface area (Å²) in [6.45, 7) is 3.30. The molecule has 7 heteroatoms. The van der Waals surface area contributed by atoms with Crippen molar-refractivity contribution in [2.24, 2.45) is 0 Å². The summed E-state index contributed by atoms with van der Waals surface area (Å²) in [5.74, 6) is 0.0499. The molecule has 19 heavy (non-hydrogen) atoms. The topological polar surface area (TPSA) is 80.3 Å². The fourth-order valence-electron chi connectivity index (χ4n) is 1.72. The summed E-state index contributed by atoms with van der Waals surface area (Å²) in [6, 6.07) is 6.12. The molecule has 0 saturated heterocycles. The van der Waals surface area contributed by atoms with Gasteiger partial charge in [-0.1, -0.05) is 19.1 Å². The number of hydrogen-bond acceptors (Lipinski definition) is 5. The Morgan fingerprint density at radius 3 is 2.26 bits per heavy atom. The van der Waals surface area contributed by atoms with Crippen LogP contribution in [0.1, 0.15) is 13.8 Å². The first-order chi connectivity index (χ1) is 8.65. The zero-order valence-corrected chi connectivity index (χ0v) is 12.9. The van der Waals surface area contributed by atoms with Gasteiger partial charge in [0.2, 0.25) is 0 Å². The molecule has 1 rings (SSSR count). The Balaban J connectivity index is 2.95. The molecular weight excluding hydrogens is 286 g/mol. The molecule has 0 saturated carbocycles. The quantitative estimate of drug-likeness (QED) is 0.857. The van der Waals surface area contributed by atoms with Crippen molar-refractivity contribution in [1.29, 1.82) is 0 Å². The minimum absolute atomic E-state index is 0.0262. The maximum atomic E-state index is 11.6. The van der Waals surface area contributed by atoms with Crippen LogP contribution in [0.5, 0.6) is 0 Å². The lowest BCUT2D eigenvalue weighted by Gasteiger charge is -2.17. The van der Waals surface area contributed by atoms with Crippen molar-refractivity contribution in [1.82, 2.24) is 0 Å².